The Bertz CT molecular complexity index is 305. The summed E-state index contributed by atoms with van der Waals surface area (Å²) in [5.74, 6) is 0.538. The van der Waals surface area contributed by atoms with Crippen molar-refractivity contribution < 1.29 is 0 Å². The summed E-state index contributed by atoms with van der Waals surface area (Å²) >= 11 is 7.59. The van der Waals surface area contributed by atoms with E-state index in [9.17, 15) is 0 Å². The zero-order valence-corrected chi connectivity index (χ0v) is 10.00. The highest BCUT2D eigenvalue weighted by atomic mass is 35.5. The molecule has 0 atom stereocenters. The zero-order valence-electron chi connectivity index (χ0n) is 8.42. The molecule has 78 valence electrons. The summed E-state index contributed by atoms with van der Waals surface area (Å²) in [6, 6.07) is 0. The van der Waals surface area contributed by atoms with Crippen LogP contribution in [0.1, 0.15) is 29.8 Å². The van der Waals surface area contributed by atoms with E-state index in [0.29, 0.717) is 5.88 Å². The molecule has 0 N–H and O–H groups in total. The van der Waals surface area contributed by atoms with Gasteiger partial charge in [-0.25, -0.2) is 4.98 Å². The maximum absolute atomic E-state index is 5.81. The number of piperidine rings is 1. The fourth-order valence-electron chi connectivity index (χ4n) is 1.76. The number of hydrogen-bond donors (Lipinski definition) is 0. The van der Waals surface area contributed by atoms with Crippen LogP contribution in [0.3, 0.4) is 0 Å². The first-order valence-electron chi connectivity index (χ1n) is 5.08. The molecule has 1 aromatic heterocycles. The molecular weight excluding hydrogens is 216 g/mol. The number of anilines is 1. The molecule has 1 saturated heterocycles. The molecule has 0 bridgehead atoms. The number of aryl methyl sites for hydroxylation is 1. The molecule has 0 spiro atoms. The minimum atomic E-state index is 0.538. The molecule has 1 aromatic rings. The van der Waals surface area contributed by atoms with Crippen LogP contribution in [-0.4, -0.2) is 18.1 Å². The normalized spacial score (nSPS) is 17.4. The summed E-state index contributed by atoms with van der Waals surface area (Å²) in [6.45, 7) is 4.42. The highest BCUT2D eigenvalue weighted by Crippen LogP contribution is 2.28. The smallest absolute Gasteiger partial charge is 0.185 e. The Kier molecular flexibility index (Phi) is 3.29. The third kappa shape index (κ3) is 2.04. The number of nitrogens with zero attached hydrogens (tertiary/aromatic N) is 2. The minimum absolute atomic E-state index is 0.538. The molecule has 0 radical (unpaired) electrons. The molecule has 1 aliphatic rings. The van der Waals surface area contributed by atoms with E-state index in [1.54, 1.807) is 11.3 Å². The molecular formula is C10H15ClN2S. The van der Waals surface area contributed by atoms with Crippen molar-refractivity contribution in [2.45, 2.75) is 32.1 Å². The van der Waals surface area contributed by atoms with Gasteiger partial charge in [0.1, 0.15) is 0 Å². The van der Waals surface area contributed by atoms with Crippen LogP contribution < -0.4 is 4.90 Å². The molecule has 1 aliphatic heterocycles. The topological polar surface area (TPSA) is 16.1 Å². The van der Waals surface area contributed by atoms with Gasteiger partial charge in [0.05, 0.1) is 11.6 Å². The van der Waals surface area contributed by atoms with Gasteiger partial charge in [-0.3, -0.25) is 0 Å². The van der Waals surface area contributed by atoms with Crippen LogP contribution in [0.2, 0.25) is 0 Å². The van der Waals surface area contributed by atoms with Crippen molar-refractivity contribution in [3.05, 3.63) is 10.6 Å². The summed E-state index contributed by atoms with van der Waals surface area (Å²) in [4.78, 5) is 8.21. The summed E-state index contributed by atoms with van der Waals surface area (Å²) in [7, 11) is 0. The second-order valence-electron chi connectivity index (χ2n) is 3.68. The predicted molar refractivity (Wildman–Crippen MR) is 62.5 cm³/mol. The zero-order chi connectivity index (χ0) is 9.97. The number of hydrogen-bond acceptors (Lipinski definition) is 3. The van der Waals surface area contributed by atoms with E-state index in [1.165, 1.54) is 24.1 Å². The molecule has 0 amide bonds. The van der Waals surface area contributed by atoms with Crippen LogP contribution in [0.25, 0.3) is 0 Å². The van der Waals surface area contributed by atoms with Gasteiger partial charge in [-0.15, -0.1) is 22.9 Å². The van der Waals surface area contributed by atoms with Gasteiger partial charge in [-0.1, -0.05) is 0 Å². The summed E-state index contributed by atoms with van der Waals surface area (Å²) in [5.41, 5.74) is 1.05. The van der Waals surface area contributed by atoms with Gasteiger partial charge in [0.15, 0.2) is 5.13 Å². The van der Waals surface area contributed by atoms with Crippen molar-refractivity contribution in [2.24, 2.45) is 0 Å². The van der Waals surface area contributed by atoms with Crippen molar-refractivity contribution in [1.29, 1.82) is 0 Å². The quantitative estimate of drug-likeness (QED) is 0.726. The standard InChI is InChI=1S/C10H15ClN2S/c1-8-9(7-11)12-10(14-8)13-5-3-2-4-6-13/h2-7H2,1H3. The highest BCUT2D eigenvalue weighted by Gasteiger charge is 2.15. The fourth-order valence-corrected chi connectivity index (χ4v) is 3.07. The molecule has 4 heteroatoms. The van der Waals surface area contributed by atoms with E-state index in [0.717, 1.165) is 23.9 Å². The second-order valence-corrected chi connectivity index (χ2v) is 5.13. The monoisotopic (exact) mass is 230 g/mol. The SMILES string of the molecule is Cc1sc(N2CCCCC2)nc1CCl. The molecule has 2 heterocycles. The van der Waals surface area contributed by atoms with Gasteiger partial charge in [0.25, 0.3) is 0 Å². The Hall–Kier alpha value is -0.280. The van der Waals surface area contributed by atoms with Gasteiger partial charge in [0.2, 0.25) is 0 Å². The van der Waals surface area contributed by atoms with E-state index < -0.39 is 0 Å². The first-order valence-corrected chi connectivity index (χ1v) is 6.43. The molecule has 2 rings (SSSR count). The van der Waals surface area contributed by atoms with E-state index in [1.807, 2.05) is 0 Å². The number of thiazole rings is 1. The van der Waals surface area contributed by atoms with E-state index in [4.69, 9.17) is 11.6 Å². The number of aromatic nitrogens is 1. The molecule has 2 nitrogen and oxygen atoms in total. The summed E-state index contributed by atoms with van der Waals surface area (Å²) in [5, 5.41) is 1.16. The van der Waals surface area contributed by atoms with Crippen molar-refractivity contribution in [3.8, 4) is 0 Å². The van der Waals surface area contributed by atoms with Gasteiger partial charge >= 0.3 is 0 Å². The number of halogens is 1. The average Bonchev–Trinajstić information content (AvgIpc) is 2.61. The number of alkyl halides is 1. The van der Waals surface area contributed by atoms with Crippen LogP contribution in [0.5, 0.6) is 0 Å². The lowest BCUT2D eigenvalue weighted by atomic mass is 10.1. The molecule has 0 unspecified atom stereocenters. The Morgan fingerprint density at radius 1 is 1.36 bits per heavy atom. The Morgan fingerprint density at radius 3 is 2.64 bits per heavy atom. The first kappa shape index (κ1) is 10.2. The maximum Gasteiger partial charge on any atom is 0.185 e. The van der Waals surface area contributed by atoms with Gasteiger partial charge in [-0.2, -0.15) is 0 Å². The van der Waals surface area contributed by atoms with Gasteiger partial charge < -0.3 is 4.90 Å². The largest absolute Gasteiger partial charge is 0.348 e. The Balaban J connectivity index is 2.14. The van der Waals surface area contributed by atoms with Crippen molar-refractivity contribution in [2.75, 3.05) is 18.0 Å². The van der Waals surface area contributed by atoms with Crippen molar-refractivity contribution in [1.82, 2.24) is 4.98 Å². The van der Waals surface area contributed by atoms with Crippen molar-refractivity contribution >= 4 is 28.1 Å². The second kappa shape index (κ2) is 4.49. The van der Waals surface area contributed by atoms with Gasteiger partial charge in [-0.05, 0) is 26.2 Å². The van der Waals surface area contributed by atoms with E-state index in [-0.39, 0.29) is 0 Å². The van der Waals surface area contributed by atoms with Crippen LogP contribution in [0.15, 0.2) is 0 Å². The fraction of sp³-hybridized carbons (Fsp3) is 0.700. The van der Waals surface area contributed by atoms with Crippen LogP contribution >= 0.6 is 22.9 Å². The molecule has 0 aliphatic carbocycles. The predicted octanol–water partition coefficient (Wildman–Crippen LogP) is 3.18. The van der Waals surface area contributed by atoms with Crippen LogP contribution in [0, 0.1) is 6.92 Å². The molecule has 1 fully saturated rings. The van der Waals surface area contributed by atoms with E-state index in [2.05, 4.69) is 16.8 Å². The highest BCUT2D eigenvalue weighted by molar-refractivity contribution is 7.15. The average molecular weight is 231 g/mol. The lowest BCUT2D eigenvalue weighted by molar-refractivity contribution is 0.576. The van der Waals surface area contributed by atoms with E-state index >= 15 is 0 Å². The molecule has 14 heavy (non-hydrogen) atoms. The molecule has 0 aromatic carbocycles. The Labute approximate surface area is 93.9 Å². The third-order valence-electron chi connectivity index (χ3n) is 2.63. The summed E-state index contributed by atoms with van der Waals surface area (Å²) < 4.78 is 0. The Morgan fingerprint density at radius 2 is 2.07 bits per heavy atom. The van der Waals surface area contributed by atoms with Gasteiger partial charge in [0, 0.05) is 18.0 Å². The maximum atomic E-state index is 5.81. The van der Waals surface area contributed by atoms with Crippen molar-refractivity contribution in [3.63, 3.8) is 0 Å². The lowest BCUT2D eigenvalue weighted by Crippen LogP contribution is -2.29. The third-order valence-corrected chi connectivity index (χ3v) is 3.96. The molecule has 0 saturated carbocycles. The minimum Gasteiger partial charge on any atom is -0.348 e. The summed E-state index contributed by atoms with van der Waals surface area (Å²) in [6.07, 6.45) is 3.97. The van der Waals surface area contributed by atoms with Crippen LogP contribution in [-0.2, 0) is 5.88 Å². The lowest BCUT2D eigenvalue weighted by Gasteiger charge is -2.25. The first-order chi connectivity index (χ1) is 6.81. The van der Waals surface area contributed by atoms with Crippen LogP contribution in [0.4, 0.5) is 5.13 Å². The number of rotatable bonds is 2.